The Bertz CT molecular complexity index is 502. The molecular weight excluding hydrogens is 245 g/mol. The molecule has 4 nitrogen and oxygen atoms in total. The maximum absolute atomic E-state index is 13.4. The highest BCUT2D eigenvalue weighted by Gasteiger charge is 2.19. The maximum atomic E-state index is 13.4. The smallest absolute Gasteiger partial charge is 0.258 e. The molecular formula is C11H7ClFN3O. The fourth-order valence-electron chi connectivity index (χ4n) is 1.20. The Hall–Kier alpha value is -2.11. The molecule has 0 saturated carbocycles. The fourth-order valence-corrected chi connectivity index (χ4v) is 1.37. The number of nitriles is 2. The van der Waals surface area contributed by atoms with Gasteiger partial charge in [0, 0.05) is 5.02 Å². The van der Waals surface area contributed by atoms with Crippen molar-refractivity contribution in [1.29, 1.82) is 10.5 Å². The molecule has 0 unspecified atom stereocenters. The average Bonchev–Trinajstić information content (AvgIpc) is 2.31. The summed E-state index contributed by atoms with van der Waals surface area (Å²) in [6.07, 6.45) is 0. The van der Waals surface area contributed by atoms with Gasteiger partial charge in [0.2, 0.25) is 0 Å². The van der Waals surface area contributed by atoms with E-state index in [0.29, 0.717) is 0 Å². The lowest BCUT2D eigenvalue weighted by molar-refractivity contribution is 0.0790. The van der Waals surface area contributed by atoms with E-state index in [0.717, 1.165) is 11.0 Å². The van der Waals surface area contributed by atoms with Crippen LogP contribution in [0.2, 0.25) is 5.02 Å². The van der Waals surface area contributed by atoms with Crippen molar-refractivity contribution in [1.82, 2.24) is 4.90 Å². The van der Waals surface area contributed by atoms with Gasteiger partial charge in [-0.25, -0.2) is 4.39 Å². The van der Waals surface area contributed by atoms with E-state index in [1.807, 2.05) is 0 Å². The number of halogens is 2. The second-order valence-corrected chi connectivity index (χ2v) is 3.54. The Balaban J connectivity index is 3.06. The van der Waals surface area contributed by atoms with Crippen molar-refractivity contribution < 1.29 is 9.18 Å². The molecule has 0 radical (unpaired) electrons. The number of benzene rings is 1. The summed E-state index contributed by atoms with van der Waals surface area (Å²) in [6, 6.07) is 7.01. The van der Waals surface area contributed by atoms with Gasteiger partial charge in [-0.2, -0.15) is 10.5 Å². The van der Waals surface area contributed by atoms with E-state index in [-0.39, 0.29) is 23.7 Å². The number of carbonyl (C=O) groups is 1. The van der Waals surface area contributed by atoms with Gasteiger partial charge in [0.1, 0.15) is 18.9 Å². The van der Waals surface area contributed by atoms with Gasteiger partial charge in [0.15, 0.2) is 0 Å². The van der Waals surface area contributed by atoms with E-state index in [4.69, 9.17) is 22.1 Å². The Labute approximate surface area is 102 Å². The number of amides is 1. The molecule has 0 aliphatic carbocycles. The van der Waals surface area contributed by atoms with Gasteiger partial charge in [0.25, 0.3) is 5.91 Å². The summed E-state index contributed by atoms with van der Waals surface area (Å²) in [6.45, 7) is -0.559. The molecule has 1 aromatic carbocycles. The molecule has 1 rings (SSSR count). The maximum Gasteiger partial charge on any atom is 0.258 e. The zero-order chi connectivity index (χ0) is 12.8. The van der Waals surface area contributed by atoms with E-state index in [1.165, 1.54) is 12.1 Å². The number of hydrogen-bond donors (Lipinski definition) is 0. The zero-order valence-electron chi connectivity index (χ0n) is 8.65. The Morgan fingerprint density at radius 3 is 2.47 bits per heavy atom. The van der Waals surface area contributed by atoms with Crippen LogP contribution >= 0.6 is 11.6 Å². The number of carbonyl (C=O) groups excluding carboxylic acids is 1. The second-order valence-electron chi connectivity index (χ2n) is 3.10. The minimum Gasteiger partial charge on any atom is -0.312 e. The first-order valence-corrected chi connectivity index (χ1v) is 4.96. The van der Waals surface area contributed by atoms with Crippen molar-refractivity contribution in [3.8, 4) is 12.1 Å². The minimum absolute atomic E-state index is 0.212. The van der Waals surface area contributed by atoms with Crippen LogP contribution in [-0.2, 0) is 0 Å². The van der Waals surface area contributed by atoms with Gasteiger partial charge < -0.3 is 4.90 Å². The van der Waals surface area contributed by atoms with Gasteiger partial charge in [-0.3, -0.25) is 4.79 Å². The highest BCUT2D eigenvalue weighted by Crippen LogP contribution is 2.16. The van der Waals surface area contributed by atoms with Crippen LogP contribution in [-0.4, -0.2) is 23.9 Å². The Morgan fingerprint density at radius 1 is 1.35 bits per heavy atom. The number of nitrogens with zero attached hydrogens (tertiary/aromatic N) is 3. The highest BCUT2D eigenvalue weighted by atomic mass is 35.5. The largest absolute Gasteiger partial charge is 0.312 e. The van der Waals surface area contributed by atoms with E-state index in [9.17, 15) is 9.18 Å². The van der Waals surface area contributed by atoms with Crippen molar-refractivity contribution in [2.75, 3.05) is 13.1 Å². The second kappa shape index (κ2) is 5.83. The predicted molar refractivity (Wildman–Crippen MR) is 58.5 cm³/mol. The molecule has 0 fully saturated rings. The summed E-state index contributed by atoms with van der Waals surface area (Å²) in [4.78, 5) is 12.8. The zero-order valence-corrected chi connectivity index (χ0v) is 9.41. The SMILES string of the molecule is N#CCN(CC#N)C(=O)c1cc(Cl)ccc1F. The lowest BCUT2D eigenvalue weighted by atomic mass is 10.2. The van der Waals surface area contributed by atoms with Crippen LogP contribution in [0.3, 0.4) is 0 Å². The van der Waals surface area contributed by atoms with Gasteiger partial charge in [-0.05, 0) is 18.2 Å². The summed E-state index contributed by atoms with van der Waals surface area (Å²) in [5.74, 6) is -1.46. The summed E-state index contributed by atoms with van der Waals surface area (Å²) in [5, 5.41) is 17.2. The molecule has 0 N–H and O–H groups in total. The van der Waals surface area contributed by atoms with Gasteiger partial charge in [-0.1, -0.05) is 11.6 Å². The molecule has 0 spiro atoms. The van der Waals surface area contributed by atoms with Gasteiger partial charge in [0.05, 0.1) is 17.7 Å². The first kappa shape index (κ1) is 13.0. The molecule has 17 heavy (non-hydrogen) atoms. The van der Waals surface area contributed by atoms with E-state index >= 15 is 0 Å². The van der Waals surface area contributed by atoms with Crippen molar-refractivity contribution in [2.24, 2.45) is 0 Å². The molecule has 0 aromatic heterocycles. The van der Waals surface area contributed by atoms with Crippen LogP contribution in [0, 0.1) is 28.5 Å². The Kier molecular flexibility index (Phi) is 4.45. The summed E-state index contributed by atoms with van der Waals surface area (Å²) < 4.78 is 13.4. The topological polar surface area (TPSA) is 67.9 Å². The Morgan fingerprint density at radius 2 is 1.94 bits per heavy atom. The van der Waals surface area contributed by atoms with Crippen molar-refractivity contribution >= 4 is 17.5 Å². The quantitative estimate of drug-likeness (QED) is 0.771. The van der Waals surface area contributed by atoms with Crippen LogP contribution in [0.25, 0.3) is 0 Å². The third-order valence-corrected chi connectivity index (χ3v) is 2.20. The standard InChI is InChI=1S/C11H7ClFN3O/c12-8-1-2-10(13)9(7-8)11(17)16(5-3-14)6-4-15/h1-2,7H,5-6H2. The summed E-state index contributed by atoms with van der Waals surface area (Å²) in [5.41, 5.74) is -0.247. The molecule has 1 aromatic rings. The normalized spacial score (nSPS) is 9.18. The first-order valence-electron chi connectivity index (χ1n) is 4.58. The number of hydrogen-bond acceptors (Lipinski definition) is 3. The molecule has 0 bridgehead atoms. The van der Waals surface area contributed by atoms with Crippen LogP contribution in [0.4, 0.5) is 4.39 Å². The van der Waals surface area contributed by atoms with Crippen LogP contribution in [0.15, 0.2) is 18.2 Å². The minimum atomic E-state index is -0.736. The molecule has 0 heterocycles. The monoisotopic (exact) mass is 251 g/mol. The van der Waals surface area contributed by atoms with Crippen LogP contribution in [0.1, 0.15) is 10.4 Å². The van der Waals surface area contributed by atoms with Gasteiger partial charge >= 0.3 is 0 Å². The molecule has 0 atom stereocenters. The van der Waals surface area contributed by atoms with Crippen molar-refractivity contribution in [3.05, 3.63) is 34.6 Å². The third-order valence-electron chi connectivity index (χ3n) is 1.97. The highest BCUT2D eigenvalue weighted by molar-refractivity contribution is 6.31. The molecule has 6 heteroatoms. The van der Waals surface area contributed by atoms with Crippen LogP contribution in [0.5, 0.6) is 0 Å². The number of rotatable bonds is 3. The van der Waals surface area contributed by atoms with E-state index in [2.05, 4.69) is 0 Å². The predicted octanol–water partition coefficient (Wildman–Crippen LogP) is 1.97. The lowest BCUT2D eigenvalue weighted by Gasteiger charge is -2.16. The molecule has 0 aliphatic heterocycles. The molecule has 1 amide bonds. The lowest BCUT2D eigenvalue weighted by Crippen LogP contribution is -2.32. The van der Waals surface area contributed by atoms with Crippen molar-refractivity contribution in [3.63, 3.8) is 0 Å². The van der Waals surface area contributed by atoms with E-state index in [1.54, 1.807) is 12.1 Å². The average molecular weight is 252 g/mol. The van der Waals surface area contributed by atoms with Gasteiger partial charge in [-0.15, -0.1) is 0 Å². The first-order chi connectivity index (χ1) is 8.10. The molecule has 0 aliphatic rings. The summed E-state index contributed by atoms with van der Waals surface area (Å²) in [7, 11) is 0. The van der Waals surface area contributed by atoms with Crippen LogP contribution < -0.4 is 0 Å². The van der Waals surface area contributed by atoms with E-state index < -0.39 is 11.7 Å². The molecule has 86 valence electrons. The molecule has 0 saturated heterocycles. The summed E-state index contributed by atoms with van der Waals surface area (Å²) >= 11 is 5.65. The van der Waals surface area contributed by atoms with Crippen molar-refractivity contribution in [2.45, 2.75) is 0 Å². The third kappa shape index (κ3) is 3.17. The fraction of sp³-hybridized carbons (Fsp3) is 0.182.